The van der Waals surface area contributed by atoms with E-state index in [2.05, 4.69) is 54.5 Å². The quantitative estimate of drug-likeness (QED) is 0.296. The summed E-state index contributed by atoms with van der Waals surface area (Å²) in [5, 5.41) is 21.4. The molecule has 3 aromatic rings. The number of aromatic nitrogens is 3. The van der Waals surface area contributed by atoms with Crippen LogP contribution in [0.1, 0.15) is 30.1 Å². The topological polar surface area (TPSA) is 161 Å². The lowest BCUT2D eigenvalue weighted by Crippen LogP contribution is -2.48. The van der Waals surface area contributed by atoms with E-state index in [1.165, 1.54) is 36.5 Å². The minimum Gasteiger partial charge on any atom is -0.475 e. The molecule has 3 aromatic heterocycles. The normalized spacial score (nSPS) is 18.4. The molecule has 2 saturated heterocycles. The Balaban J connectivity index is 0.000000296. The van der Waals surface area contributed by atoms with Gasteiger partial charge in [-0.3, -0.25) is 19.2 Å². The van der Waals surface area contributed by atoms with E-state index in [9.17, 15) is 39.5 Å². The zero-order valence-electron chi connectivity index (χ0n) is 27.6. The predicted octanol–water partition coefficient (Wildman–Crippen LogP) is 4.73. The van der Waals surface area contributed by atoms with Crippen LogP contribution in [0.4, 0.5) is 45.3 Å². The second kappa shape index (κ2) is 18.4. The van der Waals surface area contributed by atoms with Gasteiger partial charge in [-0.05, 0) is 42.5 Å². The predicted molar refractivity (Wildman–Crippen MR) is 166 cm³/mol. The molecule has 0 bridgehead atoms. The van der Waals surface area contributed by atoms with Crippen molar-refractivity contribution in [2.24, 2.45) is 5.92 Å². The van der Waals surface area contributed by atoms with Gasteiger partial charge in [-0.25, -0.2) is 19.4 Å². The Morgan fingerprint density at radius 2 is 1.36 bits per heavy atom. The molecule has 5 heterocycles. The number of pyridine rings is 2. The van der Waals surface area contributed by atoms with Crippen LogP contribution in [-0.4, -0.2) is 128 Å². The lowest BCUT2D eigenvalue weighted by molar-refractivity contribution is -0.193. The molecule has 0 amide bonds. The summed E-state index contributed by atoms with van der Waals surface area (Å²) in [6.45, 7) is 8.82. The van der Waals surface area contributed by atoms with E-state index >= 15 is 0 Å². The Labute approximate surface area is 295 Å². The third-order valence-corrected chi connectivity index (χ3v) is 7.79. The van der Waals surface area contributed by atoms with Crippen molar-refractivity contribution in [1.29, 1.82) is 0 Å². The molecule has 22 heteroatoms. The minimum absolute atomic E-state index is 0.332. The summed E-state index contributed by atoms with van der Waals surface area (Å²) in [7, 11) is 0. The standard InChI is InChI=1S/C25H32N6O.3C2HF3O2/c1-4-24-27-22(18-31(24)25(5-1)29-11-13-32-14-12-29)23-19-28(16-21-3-2-8-26-15-21)9-10-30(23)17-20-6-7-20;3*3-2(4,5)1(6)7/h1-5,8,15,18,20,23H,6-7,9-14,16-17,19H2;3*(H,6,7). The lowest BCUT2D eigenvalue weighted by atomic mass is 10.1. The summed E-state index contributed by atoms with van der Waals surface area (Å²) in [5.41, 5.74) is 3.52. The number of nitrogens with zero attached hydrogens (tertiary/aromatic N) is 6. The average molecular weight is 775 g/mol. The number of fused-ring (bicyclic) bond motifs is 1. The van der Waals surface area contributed by atoms with Crippen molar-refractivity contribution in [1.82, 2.24) is 24.2 Å². The SMILES string of the molecule is O=C(O)C(F)(F)F.O=C(O)C(F)(F)F.O=C(O)C(F)(F)F.c1cncc(CN2CCN(CC3CC3)C(c3cn4c(N5CCOCC5)cccc4n3)C2)c1. The number of aliphatic carboxylic acids is 3. The van der Waals surface area contributed by atoms with Gasteiger partial charge in [0.05, 0.1) is 24.9 Å². The number of carbonyl (C=O) groups is 3. The second-order valence-corrected chi connectivity index (χ2v) is 11.8. The third kappa shape index (κ3) is 14.0. The van der Waals surface area contributed by atoms with Crippen LogP contribution in [0.25, 0.3) is 5.65 Å². The van der Waals surface area contributed by atoms with Crippen molar-refractivity contribution in [3.63, 3.8) is 0 Å². The molecule has 13 nitrogen and oxygen atoms in total. The molecule has 3 aliphatic rings. The number of halogens is 9. The number of piperazine rings is 1. The Hall–Kier alpha value is -4.70. The summed E-state index contributed by atoms with van der Waals surface area (Å²) < 4.78 is 103. The molecule has 1 aliphatic carbocycles. The smallest absolute Gasteiger partial charge is 0.475 e. The fourth-order valence-corrected chi connectivity index (χ4v) is 5.13. The molecule has 0 spiro atoms. The average Bonchev–Trinajstić information content (AvgIpc) is 3.79. The van der Waals surface area contributed by atoms with Crippen molar-refractivity contribution < 1.29 is 74.0 Å². The van der Waals surface area contributed by atoms with Gasteiger partial charge < -0.3 is 25.0 Å². The van der Waals surface area contributed by atoms with Crippen LogP contribution in [0, 0.1) is 5.92 Å². The summed E-state index contributed by atoms with van der Waals surface area (Å²) in [6.07, 6.45) is -6.35. The maximum Gasteiger partial charge on any atom is 0.490 e. The van der Waals surface area contributed by atoms with E-state index < -0.39 is 36.4 Å². The van der Waals surface area contributed by atoms with Gasteiger partial charge in [-0.1, -0.05) is 12.1 Å². The summed E-state index contributed by atoms with van der Waals surface area (Å²) in [5.74, 6) is -6.17. The van der Waals surface area contributed by atoms with Crippen molar-refractivity contribution in [2.75, 3.05) is 57.4 Å². The Morgan fingerprint density at radius 1 is 0.792 bits per heavy atom. The molecule has 1 saturated carbocycles. The maximum absolute atomic E-state index is 10.6. The Morgan fingerprint density at radius 3 is 1.85 bits per heavy atom. The van der Waals surface area contributed by atoms with Crippen LogP contribution in [-0.2, 0) is 25.7 Å². The molecule has 3 fully saturated rings. The highest BCUT2D eigenvalue weighted by Gasteiger charge is 2.39. The second-order valence-electron chi connectivity index (χ2n) is 11.8. The molecular weight excluding hydrogens is 739 g/mol. The number of rotatable bonds is 6. The number of hydrogen-bond donors (Lipinski definition) is 3. The highest BCUT2D eigenvalue weighted by Crippen LogP contribution is 2.35. The van der Waals surface area contributed by atoms with Gasteiger partial charge in [-0.2, -0.15) is 39.5 Å². The van der Waals surface area contributed by atoms with Crippen LogP contribution in [0.5, 0.6) is 0 Å². The fraction of sp³-hybridized carbons (Fsp3) is 0.516. The van der Waals surface area contributed by atoms with Gasteiger partial charge in [0, 0.05) is 64.4 Å². The number of morpholine rings is 1. The van der Waals surface area contributed by atoms with Gasteiger partial charge in [-0.15, -0.1) is 0 Å². The first-order valence-electron chi connectivity index (χ1n) is 15.7. The number of hydrogen-bond acceptors (Lipinski definition) is 9. The van der Waals surface area contributed by atoms with E-state index in [0.29, 0.717) is 6.04 Å². The summed E-state index contributed by atoms with van der Waals surface area (Å²) in [6, 6.07) is 11.0. The number of alkyl halides is 9. The van der Waals surface area contributed by atoms with Gasteiger partial charge in [0.15, 0.2) is 0 Å². The first-order valence-corrected chi connectivity index (χ1v) is 15.7. The van der Waals surface area contributed by atoms with Crippen molar-refractivity contribution in [2.45, 2.75) is 44.0 Å². The minimum atomic E-state index is -5.08. The van der Waals surface area contributed by atoms with Gasteiger partial charge >= 0.3 is 36.4 Å². The Kier molecular flexibility index (Phi) is 14.8. The van der Waals surface area contributed by atoms with Gasteiger partial charge in [0.1, 0.15) is 11.5 Å². The van der Waals surface area contributed by atoms with Crippen LogP contribution in [0.2, 0.25) is 0 Å². The lowest BCUT2D eigenvalue weighted by Gasteiger charge is -2.41. The summed E-state index contributed by atoms with van der Waals surface area (Å²) >= 11 is 0. The molecule has 2 aliphatic heterocycles. The molecule has 0 radical (unpaired) electrons. The molecular formula is C31H35F9N6O7. The molecule has 0 aromatic carbocycles. The van der Waals surface area contributed by atoms with Crippen molar-refractivity contribution in [3.05, 3.63) is 60.2 Å². The maximum atomic E-state index is 10.6. The monoisotopic (exact) mass is 774 g/mol. The van der Waals surface area contributed by atoms with E-state index in [1.807, 2.05) is 18.5 Å². The van der Waals surface area contributed by atoms with Gasteiger partial charge in [0.25, 0.3) is 0 Å². The zero-order chi connectivity index (χ0) is 39.6. The number of carboxylic acid groups (broad SMARTS) is 3. The Bertz CT molecular complexity index is 1590. The highest BCUT2D eigenvalue weighted by atomic mass is 19.4. The molecule has 6 rings (SSSR count). The zero-order valence-corrected chi connectivity index (χ0v) is 27.6. The molecule has 53 heavy (non-hydrogen) atoms. The largest absolute Gasteiger partial charge is 0.490 e. The van der Waals surface area contributed by atoms with Crippen molar-refractivity contribution >= 4 is 29.4 Å². The number of imidazole rings is 1. The van der Waals surface area contributed by atoms with Crippen molar-refractivity contribution in [3.8, 4) is 0 Å². The molecule has 3 N–H and O–H groups in total. The van der Waals surface area contributed by atoms with Crippen LogP contribution in [0.15, 0.2) is 48.9 Å². The van der Waals surface area contributed by atoms with Crippen LogP contribution < -0.4 is 4.90 Å². The highest BCUT2D eigenvalue weighted by molar-refractivity contribution is 5.73. The number of ether oxygens (including phenoxy) is 1. The molecule has 294 valence electrons. The third-order valence-electron chi connectivity index (χ3n) is 7.79. The van der Waals surface area contributed by atoms with E-state index in [4.69, 9.17) is 39.4 Å². The van der Waals surface area contributed by atoms with E-state index in [-0.39, 0.29) is 0 Å². The number of carboxylic acids is 3. The fourth-order valence-electron chi connectivity index (χ4n) is 5.13. The van der Waals surface area contributed by atoms with E-state index in [1.54, 1.807) is 0 Å². The van der Waals surface area contributed by atoms with Gasteiger partial charge in [0.2, 0.25) is 0 Å². The van der Waals surface area contributed by atoms with Crippen LogP contribution in [0.3, 0.4) is 0 Å². The first-order chi connectivity index (χ1) is 24.7. The van der Waals surface area contributed by atoms with E-state index in [0.717, 1.165) is 64.0 Å². The number of anilines is 1. The summed E-state index contributed by atoms with van der Waals surface area (Å²) in [4.78, 5) is 43.8. The van der Waals surface area contributed by atoms with Crippen LogP contribution >= 0.6 is 0 Å². The molecule has 1 unspecified atom stereocenters. The molecule has 1 atom stereocenters. The first kappa shape index (κ1) is 42.7.